The maximum absolute atomic E-state index is 8.99. The van der Waals surface area contributed by atoms with Crippen LogP contribution < -0.4 is 15.1 Å². The molecule has 11 heteroatoms. The molecule has 2 unspecified atom stereocenters. The van der Waals surface area contributed by atoms with Gasteiger partial charge in [0.25, 0.3) is 0 Å². The second-order valence-electron chi connectivity index (χ2n) is 9.00. The zero-order valence-corrected chi connectivity index (χ0v) is 21.2. The fourth-order valence-electron chi connectivity index (χ4n) is 4.83. The van der Waals surface area contributed by atoms with E-state index in [1.807, 2.05) is 55.0 Å². The topological polar surface area (TPSA) is 111 Å². The Bertz CT molecular complexity index is 1410. The SMILES string of the molecule is CCC1CN(c2ccc(C#N)nn2)CCC1N(C)c1nc(Nc2ccn3c(C)cnc3c2)ncc1Cl. The summed E-state index contributed by atoms with van der Waals surface area (Å²) in [5.74, 6) is 2.34. The molecule has 5 rings (SSSR count). The molecule has 5 heterocycles. The van der Waals surface area contributed by atoms with Crippen LogP contribution in [0.2, 0.25) is 5.02 Å². The predicted molar refractivity (Wildman–Crippen MR) is 140 cm³/mol. The van der Waals surface area contributed by atoms with E-state index >= 15 is 0 Å². The molecule has 0 saturated carbocycles. The summed E-state index contributed by atoms with van der Waals surface area (Å²) in [4.78, 5) is 18.0. The lowest BCUT2D eigenvalue weighted by Crippen LogP contribution is -2.50. The van der Waals surface area contributed by atoms with E-state index in [0.717, 1.165) is 48.8 Å². The summed E-state index contributed by atoms with van der Waals surface area (Å²) in [6.07, 6.45) is 7.36. The number of nitriles is 1. The van der Waals surface area contributed by atoms with Gasteiger partial charge in [-0.25, -0.2) is 9.97 Å². The summed E-state index contributed by atoms with van der Waals surface area (Å²) in [5.41, 5.74) is 3.11. The second kappa shape index (κ2) is 9.95. The summed E-state index contributed by atoms with van der Waals surface area (Å²) in [6.45, 7) is 5.87. The molecule has 1 N–H and O–H groups in total. The number of aryl methyl sites for hydroxylation is 1. The molecule has 184 valence electrons. The van der Waals surface area contributed by atoms with Crippen molar-refractivity contribution in [1.29, 1.82) is 5.26 Å². The molecule has 0 aliphatic carbocycles. The fourth-order valence-corrected chi connectivity index (χ4v) is 5.05. The molecular formula is C25H27ClN10. The van der Waals surface area contributed by atoms with Crippen molar-refractivity contribution in [1.82, 2.24) is 29.5 Å². The number of hydrogen-bond donors (Lipinski definition) is 1. The molecule has 1 saturated heterocycles. The number of nitrogens with one attached hydrogen (secondary N) is 1. The van der Waals surface area contributed by atoms with Gasteiger partial charge in [0.1, 0.15) is 16.7 Å². The highest BCUT2D eigenvalue weighted by molar-refractivity contribution is 6.32. The number of nitrogens with zero attached hydrogens (tertiary/aromatic N) is 9. The van der Waals surface area contributed by atoms with Crippen molar-refractivity contribution in [2.45, 2.75) is 32.7 Å². The molecule has 1 fully saturated rings. The lowest BCUT2D eigenvalue weighted by atomic mass is 9.89. The van der Waals surface area contributed by atoms with E-state index in [1.165, 1.54) is 0 Å². The molecule has 0 bridgehead atoms. The smallest absolute Gasteiger partial charge is 0.229 e. The van der Waals surface area contributed by atoms with Gasteiger partial charge in [-0.05, 0) is 43.9 Å². The number of hydrogen-bond acceptors (Lipinski definition) is 9. The quantitative estimate of drug-likeness (QED) is 0.414. The van der Waals surface area contributed by atoms with Gasteiger partial charge < -0.3 is 19.5 Å². The van der Waals surface area contributed by atoms with Crippen LogP contribution in [-0.4, -0.2) is 55.7 Å². The average Bonchev–Trinajstić information content (AvgIpc) is 3.28. The Kier molecular flexibility index (Phi) is 6.57. The van der Waals surface area contributed by atoms with Crippen LogP contribution in [0.15, 0.2) is 42.9 Å². The minimum Gasteiger partial charge on any atom is -0.355 e. The number of anilines is 4. The van der Waals surface area contributed by atoms with Crippen LogP contribution in [0.1, 0.15) is 31.2 Å². The Morgan fingerprint density at radius 2 is 2.08 bits per heavy atom. The molecular weight excluding hydrogens is 476 g/mol. The maximum atomic E-state index is 8.99. The van der Waals surface area contributed by atoms with Crippen LogP contribution in [0.3, 0.4) is 0 Å². The van der Waals surface area contributed by atoms with Gasteiger partial charge in [0.2, 0.25) is 5.95 Å². The third-order valence-electron chi connectivity index (χ3n) is 6.82. The van der Waals surface area contributed by atoms with Crippen molar-refractivity contribution in [3.63, 3.8) is 0 Å². The molecule has 0 amide bonds. The van der Waals surface area contributed by atoms with Gasteiger partial charge in [-0.15, -0.1) is 10.2 Å². The summed E-state index contributed by atoms with van der Waals surface area (Å²) in [6, 6.07) is 9.78. The highest BCUT2D eigenvalue weighted by Gasteiger charge is 2.33. The Morgan fingerprint density at radius 3 is 2.83 bits per heavy atom. The van der Waals surface area contributed by atoms with Crippen LogP contribution >= 0.6 is 11.6 Å². The molecule has 0 aromatic carbocycles. The maximum Gasteiger partial charge on any atom is 0.229 e. The van der Waals surface area contributed by atoms with Crippen LogP contribution in [0.25, 0.3) is 5.65 Å². The van der Waals surface area contributed by atoms with Gasteiger partial charge in [-0.1, -0.05) is 18.5 Å². The summed E-state index contributed by atoms with van der Waals surface area (Å²) in [5, 5.41) is 21.0. The molecule has 4 aromatic rings. The average molecular weight is 503 g/mol. The number of fused-ring (bicyclic) bond motifs is 1. The van der Waals surface area contributed by atoms with E-state index in [1.54, 1.807) is 12.3 Å². The zero-order valence-electron chi connectivity index (χ0n) is 20.4. The lowest BCUT2D eigenvalue weighted by molar-refractivity contribution is 0.335. The lowest BCUT2D eigenvalue weighted by Gasteiger charge is -2.43. The highest BCUT2D eigenvalue weighted by Crippen LogP contribution is 2.33. The minimum absolute atomic E-state index is 0.252. The van der Waals surface area contributed by atoms with Crippen molar-refractivity contribution in [2.24, 2.45) is 5.92 Å². The van der Waals surface area contributed by atoms with Crippen LogP contribution in [0, 0.1) is 24.2 Å². The van der Waals surface area contributed by atoms with E-state index < -0.39 is 0 Å². The number of aromatic nitrogens is 6. The molecule has 4 aromatic heterocycles. The standard InChI is InChI=1S/C25H27ClN10/c1-4-17-15-35(22-6-5-19(12-27)32-33-22)9-8-21(17)34(3)24-20(26)14-29-25(31-24)30-18-7-10-36-16(2)13-28-23(36)11-18/h5-7,10-11,13-14,17,21H,4,8-9,15H2,1-3H3,(H,29,30,31). The largest absolute Gasteiger partial charge is 0.355 e. The minimum atomic E-state index is 0.252. The summed E-state index contributed by atoms with van der Waals surface area (Å²) < 4.78 is 2.02. The van der Waals surface area contributed by atoms with Gasteiger partial charge in [-0.3, -0.25) is 0 Å². The number of imidazole rings is 1. The number of halogens is 1. The first kappa shape index (κ1) is 23.8. The third kappa shape index (κ3) is 4.62. The summed E-state index contributed by atoms with van der Waals surface area (Å²) in [7, 11) is 2.04. The van der Waals surface area contributed by atoms with Crippen molar-refractivity contribution >= 4 is 40.5 Å². The van der Waals surface area contributed by atoms with Gasteiger partial charge in [0.15, 0.2) is 17.3 Å². The molecule has 1 aliphatic heterocycles. The Balaban J connectivity index is 1.33. The Morgan fingerprint density at radius 1 is 1.22 bits per heavy atom. The first-order valence-corrected chi connectivity index (χ1v) is 12.3. The van der Waals surface area contributed by atoms with Gasteiger partial charge in [0, 0.05) is 56.0 Å². The number of rotatable bonds is 6. The number of pyridine rings is 1. The van der Waals surface area contributed by atoms with E-state index in [4.69, 9.17) is 21.8 Å². The van der Waals surface area contributed by atoms with Gasteiger partial charge in [0.05, 0.1) is 6.20 Å². The number of piperidine rings is 1. The van der Waals surface area contributed by atoms with E-state index in [-0.39, 0.29) is 6.04 Å². The van der Waals surface area contributed by atoms with Crippen LogP contribution in [0.4, 0.5) is 23.3 Å². The molecule has 36 heavy (non-hydrogen) atoms. The predicted octanol–water partition coefficient (Wildman–Crippen LogP) is 4.23. The van der Waals surface area contributed by atoms with E-state index in [2.05, 4.69) is 42.2 Å². The van der Waals surface area contributed by atoms with Crippen LogP contribution in [0.5, 0.6) is 0 Å². The van der Waals surface area contributed by atoms with E-state index in [9.17, 15) is 0 Å². The Labute approximate surface area is 214 Å². The van der Waals surface area contributed by atoms with Crippen molar-refractivity contribution < 1.29 is 0 Å². The van der Waals surface area contributed by atoms with Crippen molar-refractivity contribution in [3.8, 4) is 6.07 Å². The first-order valence-electron chi connectivity index (χ1n) is 11.9. The summed E-state index contributed by atoms with van der Waals surface area (Å²) >= 11 is 6.58. The van der Waals surface area contributed by atoms with Gasteiger partial charge in [-0.2, -0.15) is 10.2 Å². The van der Waals surface area contributed by atoms with Crippen molar-refractivity contribution in [3.05, 3.63) is 59.3 Å². The highest BCUT2D eigenvalue weighted by atomic mass is 35.5. The molecule has 1 aliphatic rings. The zero-order chi connectivity index (χ0) is 25.2. The van der Waals surface area contributed by atoms with Gasteiger partial charge >= 0.3 is 0 Å². The monoisotopic (exact) mass is 502 g/mol. The Hall–Kier alpha value is -3.97. The van der Waals surface area contributed by atoms with Crippen molar-refractivity contribution in [2.75, 3.05) is 35.3 Å². The molecule has 0 radical (unpaired) electrons. The molecule has 10 nitrogen and oxygen atoms in total. The van der Waals surface area contributed by atoms with Crippen LogP contribution in [-0.2, 0) is 0 Å². The third-order valence-corrected chi connectivity index (χ3v) is 7.09. The normalized spacial score (nSPS) is 17.7. The first-order chi connectivity index (χ1) is 17.5. The fraction of sp³-hybridized carbons (Fsp3) is 0.360. The molecule has 2 atom stereocenters. The van der Waals surface area contributed by atoms with E-state index in [0.29, 0.717) is 28.4 Å². The molecule has 0 spiro atoms. The second-order valence-corrected chi connectivity index (χ2v) is 9.41.